The summed E-state index contributed by atoms with van der Waals surface area (Å²) in [4.78, 5) is 4.04. The predicted molar refractivity (Wildman–Crippen MR) is 81.8 cm³/mol. The number of nitrogens with zero attached hydrogens (tertiary/aromatic N) is 1. The first-order valence-electron chi connectivity index (χ1n) is 6.89. The average molecular weight is 319 g/mol. The third-order valence-corrected chi connectivity index (χ3v) is 4.98. The molecular formula is C15H17N3O3S. The number of fused-ring (bicyclic) bond motifs is 1. The zero-order valence-electron chi connectivity index (χ0n) is 12.2. The topological polar surface area (TPSA) is 80.3 Å². The van der Waals surface area contributed by atoms with Gasteiger partial charge in [-0.05, 0) is 22.8 Å². The summed E-state index contributed by atoms with van der Waals surface area (Å²) in [5, 5.41) is 3.27. The molecule has 1 aliphatic heterocycles. The molecule has 0 saturated carbocycles. The summed E-state index contributed by atoms with van der Waals surface area (Å²) < 4.78 is 32.0. The van der Waals surface area contributed by atoms with Crippen molar-refractivity contribution in [3.63, 3.8) is 0 Å². The molecule has 2 N–H and O–H groups in total. The Hall–Kier alpha value is -1.96. The van der Waals surface area contributed by atoms with E-state index in [1.165, 1.54) is 36.6 Å². The van der Waals surface area contributed by atoms with Crippen LogP contribution in [0.15, 0.2) is 41.4 Å². The Morgan fingerprint density at radius 1 is 1.23 bits per heavy atom. The van der Waals surface area contributed by atoms with Crippen LogP contribution in [0, 0.1) is 0 Å². The van der Waals surface area contributed by atoms with E-state index >= 15 is 0 Å². The number of rotatable bonds is 5. The molecule has 2 aromatic rings. The normalized spacial score (nSPS) is 13.9. The van der Waals surface area contributed by atoms with Crippen molar-refractivity contribution >= 4 is 10.0 Å². The minimum atomic E-state index is -3.58. The summed E-state index contributed by atoms with van der Waals surface area (Å²) in [5.74, 6) is 0.380. The quantitative estimate of drug-likeness (QED) is 0.865. The Labute approximate surface area is 129 Å². The Kier molecular flexibility index (Phi) is 4.10. The van der Waals surface area contributed by atoms with Gasteiger partial charge in [-0.15, -0.1) is 0 Å². The number of hydrogen-bond acceptors (Lipinski definition) is 5. The number of ether oxygens (including phenoxy) is 1. The Morgan fingerprint density at radius 2 is 2.05 bits per heavy atom. The highest BCUT2D eigenvalue weighted by Gasteiger charge is 2.15. The third-order valence-electron chi connectivity index (χ3n) is 3.60. The first-order valence-corrected chi connectivity index (χ1v) is 8.38. The van der Waals surface area contributed by atoms with Crippen molar-refractivity contribution in [1.82, 2.24) is 15.0 Å². The molecule has 2 heterocycles. The molecule has 0 atom stereocenters. The molecule has 0 aliphatic carbocycles. The van der Waals surface area contributed by atoms with Gasteiger partial charge in [-0.25, -0.2) is 18.1 Å². The van der Waals surface area contributed by atoms with Crippen molar-refractivity contribution in [3.8, 4) is 5.88 Å². The summed E-state index contributed by atoms with van der Waals surface area (Å²) in [7, 11) is -2.10. The largest absolute Gasteiger partial charge is 0.481 e. The van der Waals surface area contributed by atoms with E-state index in [2.05, 4.69) is 15.0 Å². The van der Waals surface area contributed by atoms with E-state index in [1.807, 2.05) is 18.2 Å². The highest BCUT2D eigenvalue weighted by atomic mass is 32.2. The van der Waals surface area contributed by atoms with Crippen molar-refractivity contribution in [2.24, 2.45) is 0 Å². The maximum atomic E-state index is 12.2. The molecule has 22 heavy (non-hydrogen) atoms. The second-order valence-corrected chi connectivity index (χ2v) is 6.83. The van der Waals surface area contributed by atoms with Gasteiger partial charge >= 0.3 is 0 Å². The van der Waals surface area contributed by atoms with Crippen molar-refractivity contribution < 1.29 is 13.2 Å². The highest BCUT2D eigenvalue weighted by Crippen LogP contribution is 2.18. The van der Waals surface area contributed by atoms with Crippen LogP contribution in [0.2, 0.25) is 0 Å². The fourth-order valence-corrected chi connectivity index (χ4v) is 3.33. The molecule has 0 bridgehead atoms. The predicted octanol–water partition coefficient (Wildman–Crippen LogP) is 1.17. The number of benzene rings is 1. The van der Waals surface area contributed by atoms with Crippen molar-refractivity contribution in [2.45, 2.75) is 24.5 Å². The molecule has 0 spiro atoms. The molecule has 1 aromatic heterocycles. The highest BCUT2D eigenvalue weighted by molar-refractivity contribution is 7.89. The number of methoxy groups -OCH3 is 1. The van der Waals surface area contributed by atoms with Crippen LogP contribution in [0.3, 0.4) is 0 Å². The van der Waals surface area contributed by atoms with Crippen molar-refractivity contribution in [2.75, 3.05) is 7.11 Å². The molecule has 0 saturated heterocycles. The van der Waals surface area contributed by atoms with Crippen LogP contribution in [-0.4, -0.2) is 20.5 Å². The fraction of sp³-hybridized carbons (Fsp3) is 0.267. The molecule has 0 unspecified atom stereocenters. The van der Waals surface area contributed by atoms with Crippen LogP contribution in [-0.2, 0) is 29.7 Å². The van der Waals surface area contributed by atoms with E-state index in [0.717, 1.165) is 18.7 Å². The van der Waals surface area contributed by atoms with Crippen LogP contribution in [0.25, 0.3) is 0 Å². The lowest BCUT2D eigenvalue weighted by molar-refractivity contribution is 0.397. The third kappa shape index (κ3) is 3.11. The lowest BCUT2D eigenvalue weighted by Gasteiger charge is -2.08. The molecular weight excluding hydrogens is 302 g/mol. The minimum absolute atomic E-state index is 0.121. The Bertz CT molecular complexity index is 773. The molecule has 1 aromatic carbocycles. The van der Waals surface area contributed by atoms with Gasteiger partial charge in [-0.1, -0.05) is 18.2 Å². The van der Waals surface area contributed by atoms with Crippen LogP contribution in [0.5, 0.6) is 5.88 Å². The first kappa shape index (κ1) is 15.0. The number of nitrogens with one attached hydrogen (secondary N) is 2. The smallest absolute Gasteiger partial charge is 0.242 e. The standard InChI is InChI=1S/C15H17N3O3S/c1-21-15-5-4-14(10-17-15)22(19,20)18-7-11-2-3-12-8-16-9-13(12)6-11/h2-6,10,16,18H,7-9H2,1H3. The summed E-state index contributed by atoms with van der Waals surface area (Å²) in [6, 6.07) is 9.01. The van der Waals surface area contributed by atoms with Gasteiger partial charge in [0.05, 0.1) is 13.3 Å². The maximum Gasteiger partial charge on any atom is 0.242 e. The molecule has 6 nitrogen and oxygen atoms in total. The van der Waals surface area contributed by atoms with Gasteiger partial charge in [0.15, 0.2) is 0 Å². The van der Waals surface area contributed by atoms with Gasteiger partial charge in [-0.3, -0.25) is 0 Å². The number of sulfonamides is 1. The summed E-state index contributed by atoms with van der Waals surface area (Å²) >= 11 is 0. The van der Waals surface area contributed by atoms with E-state index in [1.54, 1.807) is 0 Å². The van der Waals surface area contributed by atoms with Crippen molar-refractivity contribution in [1.29, 1.82) is 0 Å². The monoisotopic (exact) mass is 319 g/mol. The van der Waals surface area contributed by atoms with E-state index in [9.17, 15) is 8.42 Å². The number of hydrogen-bond donors (Lipinski definition) is 2. The number of pyridine rings is 1. The Morgan fingerprint density at radius 3 is 2.77 bits per heavy atom. The van der Waals surface area contributed by atoms with Crippen molar-refractivity contribution in [3.05, 3.63) is 53.2 Å². The SMILES string of the molecule is COc1ccc(S(=O)(=O)NCc2ccc3c(c2)CNC3)cn1. The summed E-state index contributed by atoms with van der Waals surface area (Å²) in [5.41, 5.74) is 3.43. The molecule has 7 heteroatoms. The van der Waals surface area contributed by atoms with Gasteiger partial charge in [-0.2, -0.15) is 0 Å². The molecule has 116 valence electrons. The summed E-state index contributed by atoms with van der Waals surface area (Å²) in [6.07, 6.45) is 1.29. The van der Waals surface area contributed by atoms with Gasteiger partial charge in [0.2, 0.25) is 15.9 Å². The molecule has 3 rings (SSSR count). The van der Waals surface area contributed by atoms with Crippen LogP contribution >= 0.6 is 0 Å². The number of aromatic nitrogens is 1. The molecule has 0 radical (unpaired) electrons. The minimum Gasteiger partial charge on any atom is -0.481 e. The molecule has 1 aliphatic rings. The van der Waals surface area contributed by atoms with E-state index in [0.29, 0.717) is 5.88 Å². The molecule has 0 fully saturated rings. The summed E-state index contributed by atoms with van der Waals surface area (Å²) in [6.45, 7) is 1.96. The average Bonchev–Trinajstić information content (AvgIpc) is 3.01. The second kappa shape index (κ2) is 6.04. The maximum absolute atomic E-state index is 12.2. The second-order valence-electron chi connectivity index (χ2n) is 5.07. The van der Waals surface area contributed by atoms with Gasteiger partial charge in [0.1, 0.15) is 4.90 Å². The van der Waals surface area contributed by atoms with Gasteiger partial charge in [0.25, 0.3) is 0 Å². The van der Waals surface area contributed by atoms with Gasteiger partial charge in [0, 0.05) is 25.7 Å². The fourth-order valence-electron chi connectivity index (χ4n) is 2.37. The van der Waals surface area contributed by atoms with E-state index in [-0.39, 0.29) is 11.4 Å². The Balaban J connectivity index is 1.71. The lowest BCUT2D eigenvalue weighted by Crippen LogP contribution is -2.23. The zero-order chi connectivity index (χ0) is 15.6. The lowest BCUT2D eigenvalue weighted by atomic mass is 10.1. The van der Waals surface area contributed by atoms with E-state index < -0.39 is 10.0 Å². The van der Waals surface area contributed by atoms with Crippen LogP contribution < -0.4 is 14.8 Å². The van der Waals surface area contributed by atoms with Gasteiger partial charge < -0.3 is 10.1 Å². The first-order chi connectivity index (χ1) is 10.6. The van der Waals surface area contributed by atoms with Crippen LogP contribution in [0.1, 0.15) is 16.7 Å². The van der Waals surface area contributed by atoms with Crippen LogP contribution in [0.4, 0.5) is 0 Å². The molecule has 0 amide bonds. The van der Waals surface area contributed by atoms with E-state index in [4.69, 9.17) is 4.74 Å². The zero-order valence-corrected chi connectivity index (χ0v) is 13.0.